The molecule has 2 unspecified atom stereocenters. The summed E-state index contributed by atoms with van der Waals surface area (Å²) in [5.41, 5.74) is 6.41. The second-order valence-corrected chi connectivity index (χ2v) is 7.47. The van der Waals surface area contributed by atoms with E-state index in [9.17, 15) is 14.7 Å². The second-order valence-electron chi connectivity index (χ2n) is 7.47. The molecule has 0 bridgehead atoms. The Bertz CT molecular complexity index is 651. The summed E-state index contributed by atoms with van der Waals surface area (Å²) in [6, 6.07) is 6.37. The fourth-order valence-corrected chi connectivity index (χ4v) is 3.94. The fraction of sp³-hybridized carbons (Fsp3) is 0.579. The Labute approximate surface area is 148 Å². The third kappa shape index (κ3) is 3.79. The Kier molecular flexibility index (Phi) is 4.99. The van der Waals surface area contributed by atoms with Crippen molar-refractivity contribution in [3.05, 3.63) is 29.8 Å². The van der Waals surface area contributed by atoms with Crippen LogP contribution in [0.4, 0.5) is 0 Å². The van der Waals surface area contributed by atoms with Crippen molar-refractivity contribution in [3.63, 3.8) is 0 Å². The zero-order valence-electron chi connectivity index (χ0n) is 14.8. The summed E-state index contributed by atoms with van der Waals surface area (Å²) in [6.45, 7) is 4.07. The van der Waals surface area contributed by atoms with Crippen LogP contribution >= 0.6 is 0 Å². The van der Waals surface area contributed by atoms with Crippen LogP contribution in [0.25, 0.3) is 0 Å². The highest BCUT2D eigenvalue weighted by atomic mass is 16.3. The van der Waals surface area contributed by atoms with Crippen LogP contribution in [0.15, 0.2) is 24.3 Å². The molecule has 1 heterocycles. The topological polar surface area (TPSA) is 86.9 Å². The van der Waals surface area contributed by atoms with Gasteiger partial charge in [-0.15, -0.1) is 0 Å². The van der Waals surface area contributed by atoms with Crippen molar-refractivity contribution in [2.75, 3.05) is 26.2 Å². The lowest BCUT2D eigenvalue weighted by molar-refractivity contribution is -0.140. The lowest BCUT2D eigenvalue weighted by Gasteiger charge is -2.42. The average Bonchev–Trinajstić information content (AvgIpc) is 2.60. The number of aromatic hydroxyl groups is 1. The molecule has 1 aromatic carbocycles. The number of carbonyl (C=O) groups is 2. The fourth-order valence-electron chi connectivity index (χ4n) is 3.94. The number of hydrogen-bond donors (Lipinski definition) is 2. The van der Waals surface area contributed by atoms with Gasteiger partial charge in [-0.1, -0.05) is 18.9 Å². The number of nitrogens with two attached hydrogens (primary N) is 1. The summed E-state index contributed by atoms with van der Waals surface area (Å²) in [6.07, 6.45) is 3.88. The van der Waals surface area contributed by atoms with Crippen LogP contribution in [0.1, 0.15) is 43.0 Å². The molecular weight excluding hydrogens is 318 g/mol. The number of piperazine rings is 1. The SMILES string of the molecule is CC1(N)CCCCC1C(=O)N1CCN(C(=O)c2cccc(O)c2)CC1. The first-order valence-corrected chi connectivity index (χ1v) is 9.04. The van der Waals surface area contributed by atoms with Crippen LogP contribution in [-0.2, 0) is 4.79 Å². The first kappa shape index (κ1) is 17.7. The van der Waals surface area contributed by atoms with Gasteiger partial charge in [-0.2, -0.15) is 0 Å². The summed E-state index contributed by atoms with van der Waals surface area (Å²) in [5.74, 6) is -0.00718. The standard InChI is InChI=1S/C19H27N3O3/c1-19(20)8-3-2-7-16(19)18(25)22-11-9-21(10-12-22)17(24)14-5-4-6-15(23)13-14/h4-6,13,16,23H,2-3,7-12,20H2,1H3. The van der Waals surface area contributed by atoms with Crippen LogP contribution < -0.4 is 5.73 Å². The molecule has 6 nitrogen and oxygen atoms in total. The number of rotatable bonds is 2. The van der Waals surface area contributed by atoms with Gasteiger partial charge < -0.3 is 20.6 Å². The molecule has 1 saturated heterocycles. The smallest absolute Gasteiger partial charge is 0.254 e. The number of benzene rings is 1. The maximum Gasteiger partial charge on any atom is 0.254 e. The highest BCUT2D eigenvalue weighted by molar-refractivity contribution is 5.94. The average molecular weight is 345 g/mol. The number of nitrogens with zero attached hydrogens (tertiary/aromatic N) is 2. The van der Waals surface area contributed by atoms with Crippen molar-refractivity contribution in [2.24, 2.45) is 11.7 Å². The molecule has 0 aromatic heterocycles. The maximum atomic E-state index is 12.9. The van der Waals surface area contributed by atoms with Gasteiger partial charge in [-0.05, 0) is 38.0 Å². The summed E-state index contributed by atoms with van der Waals surface area (Å²) in [4.78, 5) is 29.0. The van der Waals surface area contributed by atoms with E-state index in [1.165, 1.54) is 6.07 Å². The van der Waals surface area contributed by atoms with E-state index in [-0.39, 0.29) is 23.5 Å². The van der Waals surface area contributed by atoms with Gasteiger partial charge in [0, 0.05) is 37.3 Å². The minimum Gasteiger partial charge on any atom is -0.508 e. The number of amides is 2. The first-order valence-electron chi connectivity index (χ1n) is 9.04. The number of hydrogen-bond acceptors (Lipinski definition) is 4. The van der Waals surface area contributed by atoms with Crippen LogP contribution in [0, 0.1) is 5.92 Å². The monoisotopic (exact) mass is 345 g/mol. The van der Waals surface area contributed by atoms with E-state index in [1.807, 2.05) is 11.8 Å². The Balaban J connectivity index is 1.60. The highest BCUT2D eigenvalue weighted by Crippen LogP contribution is 2.33. The van der Waals surface area contributed by atoms with E-state index in [2.05, 4.69) is 0 Å². The van der Waals surface area contributed by atoms with Crippen molar-refractivity contribution in [1.29, 1.82) is 0 Å². The number of phenolic OH excluding ortho intramolecular Hbond substituents is 1. The molecule has 2 fully saturated rings. The molecule has 136 valence electrons. The summed E-state index contributed by atoms with van der Waals surface area (Å²) in [7, 11) is 0. The van der Waals surface area contributed by atoms with Gasteiger partial charge in [0.15, 0.2) is 0 Å². The Morgan fingerprint density at radius 3 is 2.48 bits per heavy atom. The van der Waals surface area contributed by atoms with Gasteiger partial charge in [-0.25, -0.2) is 0 Å². The summed E-state index contributed by atoms with van der Waals surface area (Å²) < 4.78 is 0. The van der Waals surface area contributed by atoms with Gasteiger partial charge in [0.1, 0.15) is 5.75 Å². The van der Waals surface area contributed by atoms with Gasteiger partial charge in [0.25, 0.3) is 5.91 Å². The quantitative estimate of drug-likeness (QED) is 0.852. The molecule has 3 N–H and O–H groups in total. The molecule has 2 aliphatic rings. The molecule has 6 heteroatoms. The van der Waals surface area contributed by atoms with E-state index in [0.717, 1.165) is 25.7 Å². The van der Waals surface area contributed by atoms with Gasteiger partial charge in [-0.3, -0.25) is 9.59 Å². The lowest BCUT2D eigenvalue weighted by atomic mass is 9.74. The number of phenols is 1. The molecule has 1 saturated carbocycles. The largest absolute Gasteiger partial charge is 0.508 e. The highest BCUT2D eigenvalue weighted by Gasteiger charge is 2.40. The van der Waals surface area contributed by atoms with Crippen LogP contribution in [-0.4, -0.2) is 58.4 Å². The van der Waals surface area contributed by atoms with E-state index < -0.39 is 5.54 Å². The van der Waals surface area contributed by atoms with E-state index in [0.29, 0.717) is 31.7 Å². The summed E-state index contributed by atoms with van der Waals surface area (Å²) in [5, 5.41) is 9.53. The Morgan fingerprint density at radius 1 is 1.16 bits per heavy atom. The minimum absolute atomic E-state index is 0.0826. The zero-order valence-corrected chi connectivity index (χ0v) is 14.8. The Morgan fingerprint density at radius 2 is 1.84 bits per heavy atom. The van der Waals surface area contributed by atoms with Gasteiger partial charge >= 0.3 is 0 Å². The third-order valence-electron chi connectivity index (χ3n) is 5.52. The molecule has 0 radical (unpaired) electrons. The third-order valence-corrected chi connectivity index (χ3v) is 5.52. The zero-order chi connectivity index (χ0) is 18.0. The van der Waals surface area contributed by atoms with Crippen molar-refractivity contribution in [2.45, 2.75) is 38.1 Å². The van der Waals surface area contributed by atoms with Crippen LogP contribution in [0.5, 0.6) is 5.75 Å². The van der Waals surface area contributed by atoms with Crippen molar-refractivity contribution >= 4 is 11.8 Å². The van der Waals surface area contributed by atoms with Crippen LogP contribution in [0.2, 0.25) is 0 Å². The van der Waals surface area contributed by atoms with Crippen molar-refractivity contribution < 1.29 is 14.7 Å². The lowest BCUT2D eigenvalue weighted by Crippen LogP contribution is -2.57. The molecule has 0 spiro atoms. The van der Waals surface area contributed by atoms with Gasteiger partial charge in [0.2, 0.25) is 5.91 Å². The van der Waals surface area contributed by atoms with E-state index in [4.69, 9.17) is 5.73 Å². The summed E-state index contributed by atoms with van der Waals surface area (Å²) >= 11 is 0. The predicted molar refractivity (Wildman–Crippen MR) is 95.1 cm³/mol. The molecular formula is C19H27N3O3. The second kappa shape index (κ2) is 7.04. The van der Waals surface area contributed by atoms with Crippen molar-refractivity contribution in [3.8, 4) is 5.75 Å². The molecule has 3 rings (SSSR count). The predicted octanol–water partition coefficient (Wildman–Crippen LogP) is 1.58. The molecule has 2 atom stereocenters. The molecule has 1 aliphatic carbocycles. The molecule has 1 aliphatic heterocycles. The van der Waals surface area contributed by atoms with Gasteiger partial charge in [0.05, 0.1) is 5.92 Å². The molecule has 1 aromatic rings. The minimum atomic E-state index is -0.427. The first-order chi connectivity index (χ1) is 11.9. The van der Waals surface area contributed by atoms with E-state index in [1.54, 1.807) is 23.1 Å². The molecule has 25 heavy (non-hydrogen) atoms. The van der Waals surface area contributed by atoms with Crippen LogP contribution in [0.3, 0.4) is 0 Å². The van der Waals surface area contributed by atoms with E-state index >= 15 is 0 Å². The molecule has 2 amide bonds. The number of carbonyl (C=O) groups excluding carboxylic acids is 2. The van der Waals surface area contributed by atoms with Crippen molar-refractivity contribution in [1.82, 2.24) is 9.80 Å². The normalized spacial score (nSPS) is 27.2. The Hall–Kier alpha value is -2.08. The maximum absolute atomic E-state index is 12.9.